The maximum absolute atomic E-state index is 4.62. The highest BCUT2D eigenvalue weighted by molar-refractivity contribution is 9.10. The van der Waals surface area contributed by atoms with E-state index >= 15 is 0 Å². The third kappa shape index (κ3) is 2.08. The second-order valence-corrected chi connectivity index (χ2v) is 7.53. The summed E-state index contributed by atoms with van der Waals surface area (Å²) in [5, 5.41) is 0. The van der Waals surface area contributed by atoms with Gasteiger partial charge in [0.25, 0.3) is 0 Å². The van der Waals surface area contributed by atoms with Crippen LogP contribution in [0.3, 0.4) is 0 Å². The van der Waals surface area contributed by atoms with Gasteiger partial charge in [0.05, 0.1) is 0 Å². The summed E-state index contributed by atoms with van der Waals surface area (Å²) in [7, 11) is 0. The van der Waals surface area contributed by atoms with Gasteiger partial charge in [-0.3, -0.25) is 4.90 Å². The van der Waals surface area contributed by atoms with Crippen LogP contribution in [-0.2, 0) is 0 Å². The van der Waals surface area contributed by atoms with E-state index in [2.05, 4.69) is 43.7 Å². The van der Waals surface area contributed by atoms with Crippen molar-refractivity contribution in [2.75, 3.05) is 31.1 Å². The van der Waals surface area contributed by atoms with E-state index in [-0.39, 0.29) is 0 Å². The summed E-state index contributed by atoms with van der Waals surface area (Å²) < 4.78 is 1.11. The summed E-state index contributed by atoms with van der Waals surface area (Å²) in [6.45, 7) is 7.22. The van der Waals surface area contributed by atoms with Gasteiger partial charge in [0.15, 0.2) is 0 Å². The minimum absolute atomic E-state index is 0.857. The molecule has 0 N–H and O–H groups in total. The first-order valence-electron chi connectivity index (χ1n) is 7.83. The van der Waals surface area contributed by atoms with Gasteiger partial charge in [-0.15, -0.1) is 0 Å². The highest BCUT2D eigenvalue weighted by Crippen LogP contribution is 2.41. The lowest BCUT2D eigenvalue weighted by Gasteiger charge is -2.33. The number of aromatic nitrogens is 1. The van der Waals surface area contributed by atoms with Gasteiger partial charge < -0.3 is 4.90 Å². The Morgan fingerprint density at radius 1 is 1.25 bits per heavy atom. The molecule has 20 heavy (non-hydrogen) atoms. The fourth-order valence-electron chi connectivity index (χ4n) is 4.44. The number of fused-ring (bicyclic) bond motifs is 3. The number of aryl methyl sites for hydroxylation is 1. The summed E-state index contributed by atoms with van der Waals surface area (Å²) in [5.41, 5.74) is 1.28. The van der Waals surface area contributed by atoms with Crippen molar-refractivity contribution in [1.82, 2.24) is 9.88 Å². The molecular formula is C16H22BrN3. The molecule has 0 radical (unpaired) electrons. The van der Waals surface area contributed by atoms with Gasteiger partial charge >= 0.3 is 0 Å². The molecule has 3 saturated heterocycles. The van der Waals surface area contributed by atoms with Crippen LogP contribution in [0.1, 0.15) is 24.8 Å². The standard InChI is InChI=1S/C16H22BrN3/c1-11-6-16(18-7-14(11)17)20-9-12-8-19-5-3-2-4-15(19)13(12)10-20/h6-7,12-13,15H,2-5,8-10H2,1H3. The van der Waals surface area contributed by atoms with Crippen molar-refractivity contribution in [3.8, 4) is 0 Å². The molecule has 1 aromatic rings. The van der Waals surface area contributed by atoms with Gasteiger partial charge in [-0.25, -0.2) is 4.98 Å². The van der Waals surface area contributed by atoms with Crippen LogP contribution in [0.5, 0.6) is 0 Å². The number of anilines is 1. The number of piperidine rings is 1. The van der Waals surface area contributed by atoms with Crippen LogP contribution in [0.4, 0.5) is 5.82 Å². The molecule has 1 aromatic heterocycles. The maximum Gasteiger partial charge on any atom is 0.128 e. The van der Waals surface area contributed by atoms with Crippen molar-refractivity contribution >= 4 is 21.7 Å². The van der Waals surface area contributed by atoms with Crippen molar-refractivity contribution < 1.29 is 0 Å². The van der Waals surface area contributed by atoms with Gasteiger partial charge in [0.2, 0.25) is 0 Å². The molecule has 4 heterocycles. The van der Waals surface area contributed by atoms with E-state index in [0.29, 0.717) is 0 Å². The van der Waals surface area contributed by atoms with Gasteiger partial charge in [0.1, 0.15) is 5.82 Å². The van der Waals surface area contributed by atoms with Crippen LogP contribution in [0.2, 0.25) is 0 Å². The predicted octanol–water partition coefficient (Wildman–Crippen LogP) is 3.07. The van der Waals surface area contributed by atoms with Gasteiger partial charge in [-0.05, 0) is 65.7 Å². The second-order valence-electron chi connectivity index (χ2n) is 6.68. The molecular weight excluding hydrogens is 314 g/mol. The van der Waals surface area contributed by atoms with Crippen molar-refractivity contribution in [2.24, 2.45) is 11.8 Å². The Hall–Kier alpha value is -0.610. The van der Waals surface area contributed by atoms with E-state index in [1.165, 1.54) is 56.8 Å². The molecule has 3 aliphatic rings. The number of rotatable bonds is 1. The second kappa shape index (κ2) is 4.99. The van der Waals surface area contributed by atoms with Crippen molar-refractivity contribution in [2.45, 2.75) is 32.2 Å². The molecule has 3 fully saturated rings. The van der Waals surface area contributed by atoms with E-state index in [4.69, 9.17) is 0 Å². The Labute approximate surface area is 129 Å². The van der Waals surface area contributed by atoms with E-state index < -0.39 is 0 Å². The molecule has 4 rings (SSSR count). The van der Waals surface area contributed by atoms with Crippen molar-refractivity contribution in [3.05, 3.63) is 22.3 Å². The first-order chi connectivity index (χ1) is 9.72. The fraction of sp³-hybridized carbons (Fsp3) is 0.688. The summed E-state index contributed by atoms with van der Waals surface area (Å²) in [4.78, 5) is 9.89. The van der Waals surface area contributed by atoms with E-state index in [1.54, 1.807) is 0 Å². The summed E-state index contributed by atoms with van der Waals surface area (Å²) in [5.74, 6) is 2.91. The number of halogens is 1. The molecule has 108 valence electrons. The average Bonchev–Trinajstić information content (AvgIpc) is 2.99. The lowest BCUT2D eigenvalue weighted by molar-refractivity contribution is 0.173. The van der Waals surface area contributed by atoms with Crippen LogP contribution in [0.25, 0.3) is 0 Å². The summed E-state index contributed by atoms with van der Waals surface area (Å²) in [6, 6.07) is 3.08. The molecule has 0 aromatic carbocycles. The first-order valence-corrected chi connectivity index (χ1v) is 8.63. The Balaban J connectivity index is 1.52. The maximum atomic E-state index is 4.62. The molecule has 3 nitrogen and oxygen atoms in total. The Bertz CT molecular complexity index is 518. The quantitative estimate of drug-likeness (QED) is 0.786. The normalized spacial score (nSPS) is 33.3. The molecule has 0 aliphatic carbocycles. The third-order valence-electron chi connectivity index (χ3n) is 5.48. The Morgan fingerprint density at radius 2 is 2.15 bits per heavy atom. The molecule has 0 spiro atoms. The zero-order valence-corrected chi connectivity index (χ0v) is 13.6. The fourth-order valence-corrected chi connectivity index (χ4v) is 4.66. The minimum atomic E-state index is 0.857. The zero-order chi connectivity index (χ0) is 13.7. The number of nitrogens with zero attached hydrogens (tertiary/aromatic N) is 3. The lowest BCUT2D eigenvalue weighted by Crippen LogP contribution is -2.40. The first kappa shape index (κ1) is 13.1. The van der Waals surface area contributed by atoms with Gasteiger partial charge in [-0.2, -0.15) is 0 Å². The van der Waals surface area contributed by atoms with Crippen LogP contribution in [-0.4, -0.2) is 42.1 Å². The SMILES string of the molecule is Cc1cc(N2CC3CN4CCCCC4C3C2)ncc1Br. The van der Waals surface area contributed by atoms with E-state index in [9.17, 15) is 0 Å². The molecule has 4 heteroatoms. The summed E-state index contributed by atoms with van der Waals surface area (Å²) in [6.07, 6.45) is 6.21. The minimum Gasteiger partial charge on any atom is -0.356 e. The molecule has 3 aliphatic heterocycles. The largest absolute Gasteiger partial charge is 0.356 e. The molecule has 0 bridgehead atoms. The van der Waals surface area contributed by atoms with Crippen LogP contribution >= 0.6 is 15.9 Å². The van der Waals surface area contributed by atoms with Crippen LogP contribution < -0.4 is 4.90 Å². The van der Waals surface area contributed by atoms with E-state index in [0.717, 1.165) is 22.4 Å². The Kier molecular flexibility index (Phi) is 3.26. The molecule has 3 atom stereocenters. The highest BCUT2D eigenvalue weighted by Gasteiger charge is 2.47. The van der Waals surface area contributed by atoms with Crippen LogP contribution in [0, 0.1) is 18.8 Å². The topological polar surface area (TPSA) is 19.4 Å². The van der Waals surface area contributed by atoms with Crippen molar-refractivity contribution in [1.29, 1.82) is 0 Å². The average molecular weight is 336 g/mol. The highest BCUT2D eigenvalue weighted by atomic mass is 79.9. The lowest BCUT2D eigenvalue weighted by atomic mass is 9.90. The number of hydrogen-bond acceptors (Lipinski definition) is 3. The Morgan fingerprint density at radius 3 is 3.00 bits per heavy atom. The smallest absolute Gasteiger partial charge is 0.128 e. The third-order valence-corrected chi connectivity index (χ3v) is 6.31. The van der Waals surface area contributed by atoms with Crippen molar-refractivity contribution in [3.63, 3.8) is 0 Å². The molecule has 0 amide bonds. The molecule has 0 saturated carbocycles. The summed E-state index contributed by atoms with van der Waals surface area (Å²) >= 11 is 3.54. The van der Waals surface area contributed by atoms with Gasteiger partial charge in [0, 0.05) is 36.3 Å². The zero-order valence-electron chi connectivity index (χ0n) is 12.1. The van der Waals surface area contributed by atoms with Gasteiger partial charge in [-0.1, -0.05) is 6.42 Å². The predicted molar refractivity (Wildman–Crippen MR) is 85.1 cm³/mol. The van der Waals surface area contributed by atoms with E-state index in [1.807, 2.05) is 6.20 Å². The van der Waals surface area contributed by atoms with Crippen LogP contribution in [0.15, 0.2) is 16.7 Å². The number of hydrogen-bond donors (Lipinski definition) is 0. The number of pyridine rings is 1. The molecule has 3 unspecified atom stereocenters. The monoisotopic (exact) mass is 335 g/mol.